The van der Waals surface area contributed by atoms with Crippen molar-refractivity contribution in [1.29, 1.82) is 0 Å². The number of amides is 1. The molecule has 2 rings (SSSR count). The Kier molecular flexibility index (Phi) is 2.30. The van der Waals surface area contributed by atoms with Crippen LogP contribution in [-0.2, 0) is 4.79 Å². The minimum Gasteiger partial charge on any atom is -0.339 e. The van der Waals surface area contributed by atoms with Gasteiger partial charge in [0.1, 0.15) is 0 Å². The molecular formula is C9H16N2O. The molecule has 3 heteroatoms. The highest BCUT2D eigenvalue weighted by molar-refractivity contribution is 5.80. The summed E-state index contributed by atoms with van der Waals surface area (Å²) in [4.78, 5) is 13.4. The summed E-state index contributed by atoms with van der Waals surface area (Å²) in [6, 6.07) is 0. The average Bonchev–Trinajstić information content (AvgIpc) is 2.32. The van der Waals surface area contributed by atoms with Crippen molar-refractivity contribution in [1.82, 2.24) is 10.2 Å². The highest BCUT2D eigenvalue weighted by atomic mass is 16.2. The summed E-state index contributed by atoms with van der Waals surface area (Å²) < 4.78 is 0. The van der Waals surface area contributed by atoms with Gasteiger partial charge >= 0.3 is 0 Å². The summed E-state index contributed by atoms with van der Waals surface area (Å²) in [7, 11) is 0. The van der Waals surface area contributed by atoms with E-state index in [2.05, 4.69) is 10.2 Å². The van der Waals surface area contributed by atoms with E-state index in [1.165, 1.54) is 25.7 Å². The Morgan fingerprint density at radius 1 is 1.25 bits per heavy atom. The first kappa shape index (κ1) is 8.05. The first-order chi connectivity index (χ1) is 5.86. The van der Waals surface area contributed by atoms with E-state index >= 15 is 0 Å². The van der Waals surface area contributed by atoms with Gasteiger partial charge in [0.25, 0.3) is 0 Å². The van der Waals surface area contributed by atoms with Gasteiger partial charge in [0.05, 0.1) is 12.7 Å². The fraction of sp³-hybridized carbons (Fsp3) is 0.889. The van der Waals surface area contributed by atoms with E-state index in [4.69, 9.17) is 0 Å². The van der Waals surface area contributed by atoms with Crippen molar-refractivity contribution >= 4 is 5.91 Å². The van der Waals surface area contributed by atoms with Crippen LogP contribution in [0.1, 0.15) is 32.1 Å². The highest BCUT2D eigenvalue weighted by Gasteiger charge is 2.29. The molecule has 2 heterocycles. The van der Waals surface area contributed by atoms with Gasteiger partial charge < -0.3 is 5.32 Å². The van der Waals surface area contributed by atoms with Crippen molar-refractivity contribution in [3.05, 3.63) is 0 Å². The van der Waals surface area contributed by atoms with Crippen LogP contribution in [0.3, 0.4) is 0 Å². The molecule has 2 aliphatic rings. The summed E-state index contributed by atoms with van der Waals surface area (Å²) in [6.45, 7) is 1.73. The minimum atomic E-state index is 0.210. The van der Waals surface area contributed by atoms with Crippen molar-refractivity contribution in [3.63, 3.8) is 0 Å². The number of carbonyl (C=O) groups excluding carboxylic acids is 1. The van der Waals surface area contributed by atoms with Crippen LogP contribution < -0.4 is 5.32 Å². The third-order valence-electron chi connectivity index (χ3n) is 2.79. The molecule has 0 bridgehead atoms. The Labute approximate surface area is 73.1 Å². The van der Waals surface area contributed by atoms with Gasteiger partial charge in [0, 0.05) is 6.54 Å². The molecule has 1 N–H and O–H groups in total. The molecule has 1 atom stereocenters. The van der Waals surface area contributed by atoms with E-state index in [1.54, 1.807) is 0 Å². The molecule has 0 spiro atoms. The van der Waals surface area contributed by atoms with Gasteiger partial charge in [-0.2, -0.15) is 0 Å². The predicted molar refractivity (Wildman–Crippen MR) is 46.6 cm³/mol. The van der Waals surface area contributed by atoms with Crippen LogP contribution in [0.4, 0.5) is 0 Å². The van der Waals surface area contributed by atoms with Crippen molar-refractivity contribution in [2.24, 2.45) is 0 Å². The van der Waals surface area contributed by atoms with Crippen LogP contribution in [0, 0.1) is 0 Å². The number of hydrogen-bond acceptors (Lipinski definition) is 2. The van der Waals surface area contributed by atoms with Crippen LogP contribution in [0.2, 0.25) is 0 Å². The Morgan fingerprint density at radius 3 is 3.00 bits per heavy atom. The fourth-order valence-corrected chi connectivity index (χ4v) is 2.11. The summed E-state index contributed by atoms with van der Waals surface area (Å²) in [5.74, 6) is 0.210. The quantitative estimate of drug-likeness (QED) is 0.577. The van der Waals surface area contributed by atoms with Crippen LogP contribution in [0.5, 0.6) is 0 Å². The maximum atomic E-state index is 11.1. The second-order valence-corrected chi connectivity index (χ2v) is 3.76. The van der Waals surface area contributed by atoms with Gasteiger partial charge in [0.2, 0.25) is 5.91 Å². The molecule has 68 valence electrons. The number of carbonyl (C=O) groups is 1. The van der Waals surface area contributed by atoms with Gasteiger partial charge in [-0.3, -0.25) is 9.69 Å². The zero-order valence-electron chi connectivity index (χ0n) is 7.38. The molecule has 0 aliphatic carbocycles. The lowest BCUT2D eigenvalue weighted by Gasteiger charge is -2.25. The first-order valence-corrected chi connectivity index (χ1v) is 4.90. The third kappa shape index (κ3) is 1.61. The smallest absolute Gasteiger partial charge is 0.235 e. The number of rotatable bonds is 0. The summed E-state index contributed by atoms with van der Waals surface area (Å²) in [5, 5.41) is 3.01. The molecule has 12 heavy (non-hydrogen) atoms. The van der Waals surface area contributed by atoms with Gasteiger partial charge in [-0.1, -0.05) is 19.3 Å². The summed E-state index contributed by atoms with van der Waals surface area (Å²) in [5.41, 5.74) is 0. The van der Waals surface area contributed by atoms with Gasteiger partial charge in [-0.05, 0) is 12.8 Å². The topological polar surface area (TPSA) is 32.3 Å². The van der Waals surface area contributed by atoms with E-state index in [9.17, 15) is 4.79 Å². The normalized spacial score (nSPS) is 32.0. The lowest BCUT2D eigenvalue weighted by atomic mass is 10.1. The Balaban J connectivity index is 1.96. The van der Waals surface area contributed by atoms with Crippen LogP contribution in [0.15, 0.2) is 0 Å². The molecule has 3 nitrogen and oxygen atoms in total. The minimum absolute atomic E-state index is 0.210. The fourth-order valence-electron chi connectivity index (χ4n) is 2.11. The Bertz CT molecular complexity index is 163. The lowest BCUT2D eigenvalue weighted by Crippen LogP contribution is -2.37. The second kappa shape index (κ2) is 3.44. The van der Waals surface area contributed by atoms with Gasteiger partial charge in [-0.25, -0.2) is 0 Å². The Hall–Kier alpha value is -0.570. The molecule has 1 unspecified atom stereocenters. The molecule has 0 aromatic heterocycles. The molecule has 0 aromatic rings. The monoisotopic (exact) mass is 168 g/mol. The first-order valence-electron chi connectivity index (χ1n) is 4.90. The van der Waals surface area contributed by atoms with Crippen LogP contribution in [-0.4, -0.2) is 30.1 Å². The van der Waals surface area contributed by atoms with Gasteiger partial charge in [0.15, 0.2) is 0 Å². The number of fused-ring (bicyclic) bond motifs is 1. The van der Waals surface area contributed by atoms with Crippen LogP contribution in [0.25, 0.3) is 0 Å². The Morgan fingerprint density at radius 2 is 2.08 bits per heavy atom. The van der Waals surface area contributed by atoms with E-state index < -0.39 is 0 Å². The number of hydrogen-bond donors (Lipinski definition) is 1. The third-order valence-corrected chi connectivity index (χ3v) is 2.79. The second-order valence-electron chi connectivity index (χ2n) is 3.76. The van der Waals surface area contributed by atoms with E-state index in [-0.39, 0.29) is 5.91 Å². The maximum absolute atomic E-state index is 11.1. The maximum Gasteiger partial charge on any atom is 0.235 e. The van der Waals surface area contributed by atoms with Crippen molar-refractivity contribution in [2.45, 2.75) is 38.3 Å². The van der Waals surface area contributed by atoms with Crippen molar-refractivity contribution in [3.8, 4) is 0 Å². The SMILES string of the molecule is O=C1CN2CCCCCCC2N1. The molecule has 0 aromatic carbocycles. The number of nitrogens with one attached hydrogen (secondary N) is 1. The summed E-state index contributed by atoms with van der Waals surface area (Å²) in [6.07, 6.45) is 6.69. The molecule has 0 saturated carbocycles. The predicted octanol–water partition coefficient (Wildman–Crippen LogP) is 0.708. The lowest BCUT2D eigenvalue weighted by molar-refractivity contribution is -0.118. The van der Waals surface area contributed by atoms with E-state index in [1.807, 2.05) is 0 Å². The molecular weight excluding hydrogens is 152 g/mol. The van der Waals surface area contributed by atoms with Gasteiger partial charge in [-0.15, -0.1) is 0 Å². The van der Waals surface area contributed by atoms with E-state index in [0.717, 1.165) is 13.0 Å². The zero-order chi connectivity index (χ0) is 8.39. The molecule has 2 saturated heterocycles. The molecule has 0 radical (unpaired) electrons. The number of nitrogens with zero attached hydrogens (tertiary/aromatic N) is 1. The van der Waals surface area contributed by atoms with Crippen molar-refractivity contribution in [2.75, 3.05) is 13.1 Å². The van der Waals surface area contributed by atoms with Crippen molar-refractivity contribution < 1.29 is 4.79 Å². The van der Waals surface area contributed by atoms with Crippen LogP contribution >= 0.6 is 0 Å². The summed E-state index contributed by atoms with van der Waals surface area (Å²) >= 11 is 0. The molecule has 1 amide bonds. The highest BCUT2D eigenvalue weighted by Crippen LogP contribution is 2.17. The molecule has 2 fully saturated rings. The molecule has 2 aliphatic heterocycles. The average molecular weight is 168 g/mol. The van der Waals surface area contributed by atoms with E-state index in [0.29, 0.717) is 12.7 Å². The zero-order valence-corrected chi connectivity index (χ0v) is 7.38. The standard InChI is InChI=1S/C9H16N2O/c12-9-7-11-6-4-2-1-3-5-8(11)10-9/h8H,1-7H2,(H,10,12). The largest absolute Gasteiger partial charge is 0.339 e.